The van der Waals surface area contributed by atoms with Crippen molar-refractivity contribution in [2.45, 2.75) is 33.1 Å². The second kappa shape index (κ2) is 12.4. The minimum Gasteiger partial charge on any atom is -0.497 e. The van der Waals surface area contributed by atoms with Crippen LogP contribution in [0.1, 0.15) is 37.8 Å². The van der Waals surface area contributed by atoms with Crippen molar-refractivity contribution in [3.05, 3.63) is 59.4 Å². The van der Waals surface area contributed by atoms with Crippen molar-refractivity contribution in [1.29, 1.82) is 0 Å². The Kier molecular flexibility index (Phi) is 9.58. The summed E-state index contributed by atoms with van der Waals surface area (Å²) in [6.07, 6.45) is 4.17. The number of methoxy groups -OCH3 is 1. The summed E-state index contributed by atoms with van der Waals surface area (Å²) in [5.74, 6) is 0.830. The highest BCUT2D eigenvalue weighted by molar-refractivity contribution is 5.90. The molecule has 0 saturated carbocycles. The van der Waals surface area contributed by atoms with Gasteiger partial charge < -0.3 is 24.1 Å². The normalized spacial score (nSPS) is 11.1. The molecule has 0 aliphatic carbocycles. The molecule has 6 nitrogen and oxygen atoms in total. The second-order valence-electron chi connectivity index (χ2n) is 6.60. The summed E-state index contributed by atoms with van der Waals surface area (Å²) in [7, 11) is 1.64. The van der Waals surface area contributed by atoms with Crippen molar-refractivity contribution in [3.8, 4) is 17.2 Å². The topological polar surface area (TPSA) is 74.2 Å². The van der Waals surface area contributed by atoms with Gasteiger partial charge in [-0.3, -0.25) is 0 Å². The largest absolute Gasteiger partial charge is 0.497 e. The van der Waals surface area contributed by atoms with Crippen molar-refractivity contribution < 1.29 is 28.8 Å². The number of ether oxygens (including phenoxy) is 4. The number of aliphatic carboxylic acids is 1. The van der Waals surface area contributed by atoms with Gasteiger partial charge in [-0.2, -0.15) is 0 Å². The summed E-state index contributed by atoms with van der Waals surface area (Å²) in [5.41, 5.74) is 1.82. The van der Waals surface area contributed by atoms with Gasteiger partial charge in [-0.05, 0) is 54.8 Å². The predicted molar refractivity (Wildman–Crippen MR) is 116 cm³/mol. The third-order valence-corrected chi connectivity index (χ3v) is 4.34. The lowest BCUT2D eigenvalue weighted by Crippen LogP contribution is -2.06. The first-order valence-corrected chi connectivity index (χ1v) is 10.2. The van der Waals surface area contributed by atoms with Crippen molar-refractivity contribution >= 4 is 12.0 Å². The second-order valence-corrected chi connectivity index (χ2v) is 6.60. The van der Waals surface area contributed by atoms with Crippen molar-refractivity contribution in [2.24, 2.45) is 0 Å². The van der Waals surface area contributed by atoms with E-state index in [1.165, 1.54) is 6.08 Å². The molecule has 0 fully saturated rings. The first kappa shape index (κ1) is 23.1. The Hall–Kier alpha value is -3.15. The van der Waals surface area contributed by atoms with Gasteiger partial charge in [-0.15, -0.1) is 0 Å². The number of hydrogen-bond acceptors (Lipinski definition) is 5. The molecule has 6 heteroatoms. The number of carboxylic acids is 1. The van der Waals surface area contributed by atoms with Crippen LogP contribution in [-0.2, 0) is 16.0 Å². The number of carbonyl (C=O) groups is 1. The third kappa shape index (κ3) is 7.35. The fraction of sp³-hybridized carbons (Fsp3) is 0.375. The Bertz CT molecular complexity index is 826. The van der Waals surface area contributed by atoms with Gasteiger partial charge in [0.05, 0.1) is 26.9 Å². The Labute approximate surface area is 178 Å². The number of benzene rings is 2. The fourth-order valence-corrected chi connectivity index (χ4v) is 2.72. The highest BCUT2D eigenvalue weighted by atomic mass is 16.5. The van der Waals surface area contributed by atoms with Crippen LogP contribution in [0.5, 0.6) is 17.2 Å². The van der Waals surface area contributed by atoms with Gasteiger partial charge in [0.2, 0.25) is 5.76 Å². The quantitative estimate of drug-likeness (QED) is 0.284. The molecule has 0 heterocycles. The van der Waals surface area contributed by atoms with E-state index in [2.05, 4.69) is 6.92 Å². The van der Waals surface area contributed by atoms with Gasteiger partial charge in [-0.25, -0.2) is 4.79 Å². The van der Waals surface area contributed by atoms with Gasteiger partial charge in [0.15, 0.2) is 11.5 Å². The molecule has 0 bridgehead atoms. The van der Waals surface area contributed by atoms with Crippen LogP contribution in [0.3, 0.4) is 0 Å². The third-order valence-electron chi connectivity index (χ3n) is 4.34. The SMILES string of the molecule is CCCCOc1cc(/C=C(\OCC)C(=O)O)ccc1OCCc1ccc(OC)cc1. The molecule has 0 amide bonds. The van der Waals surface area contributed by atoms with Crippen LogP contribution in [0.2, 0.25) is 0 Å². The number of unbranched alkanes of at least 4 members (excludes halogenated alkanes) is 1. The Morgan fingerprint density at radius 2 is 1.73 bits per heavy atom. The maximum absolute atomic E-state index is 11.3. The van der Waals surface area contributed by atoms with Gasteiger partial charge in [-0.1, -0.05) is 31.5 Å². The van der Waals surface area contributed by atoms with E-state index in [9.17, 15) is 9.90 Å². The lowest BCUT2D eigenvalue weighted by Gasteiger charge is -2.14. The van der Waals surface area contributed by atoms with Crippen LogP contribution in [0.4, 0.5) is 0 Å². The van der Waals surface area contributed by atoms with E-state index in [0.717, 1.165) is 30.6 Å². The number of carboxylic acid groups (broad SMARTS) is 1. The molecular formula is C24H30O6. The highest BCUT2D eigenvalue weighted by Crippen LogP contribution is 2.30. The van der Waals surface area contributed by atoms with Gasteiger partial charge in [0.25, 0.3) is 0 Å². The smallest absolute Gasteiger partial charge is 0.371 e. The summed E-state index contributed by atoms with van der Waals surface area (Å²) in [6.45, 7) is 5.18. The molecule has 2 aromatic rings. The summed E-state index contributed by atoms with van der Waals surface area (Å²) in [4.78, 5) is 11.3. The molecule has 2 aromatic carbocycles. The van der Waals surface area contributed by atoms with E-state index < -0.39 is 5.97 Å². The standard InChI is InChI=1S/C24H30O6/c1-4-6-14-29-22-16-19(17-23(24(25)26)28-5-2)9-12-21(22)30-15-13-18-7-10-20(27-3)11-8-18/h7-12,16-17H,4-6,13-15H2,1-3H3,(H,25,26)/b23-17-. The average molecular weight is 414 g/mol. The first-order chi connectivity index (χ1) is 14.6. The zero-order valence-electron chi connectivity index (χ0n) is 17.8. The molecule has 0 atom stereocenters. The highest BCUT2D eigenvalue weighted by Gasteiger charge is 2.11. The van der Waals surface area contributed by atoms with E-state index >= 15 is 0 Å². The van der Waals surface area contributed by atoms with E-state index in [0.29, 0.717) is 30.3 Å². The maximum atomic E-state index is 11.3. The molecule has 30 heavy (non-hydrogen) atoms. The van der Waals surface area contributed by atoms with Gasteiger partial charge in [0, 0.05) is 6.42 Å². The van der Waals surface area contributed by atoms with E-state index in [1.54, 1.807) is 32.2 Å². The molecule has 0 saturated heterocycles. The fourth-order valence-electron chi connectivity index (χ4n) is 2.72. The zero-order valence-corrected chi connectivity index (χ0v) is 17.8. The van der Waals surface area contributed by atoms with Crippen LogP contribution in [0.25, 0.3) is 6.08 Å². The Morgan fingerprint density at radius 1 is 1.00 bits per heavy atom. The minimum atomic E-state index is -1.11. The molecule has 1 N–H and O–H groups in total. The molecule has 0 aromatic heterocycles. The van der Waals surface area contributed by atoms with E-state index in [4.69, 9.17) is 18.9 Å². The Morgan fingerprint density at radius 3 is 2.37 bits per heavy atom. The monoisotopic (exact) mass is 414 g/mol. The minimum absolute atomic E-state index is 0.106. The van der Waals surface area contributed by atoms with Crippen LogP contribution in [0, 0.1) is 0 Å². The molecule has 0 radical (unpaired) electrons. The van der Waals surface area contributed by atoms with Crippen LogP contribution < -0.4 is 14.2 Å². The van der Waals surface area contributed by atoms with Crippen molar-refractivity contribution in [3.63, 3.8) is 0 Å². The number of rotatable bonds is 13. The first-order valence-electron chi connectivity index (χ1n) is 10.2. The molecule has 0 aliphatic rings. The zero-order chi connectivity index (χ0) is 21.8. The van der Waals surface area contributed by atoms with E-state index in [-0.39, 0.29) is 12.4 Å². The van der Waals surface area contributed by atoms with Crippen molar-refractivity contribution in [1.82, 2.24) is 0 Å². The Balaban J connectivity index is 2.11. The molecule has 162 valence electrons. The van der Waals surface area contributed by atoms with Crippen molar-refractivity contribution in [2.75, 3.05) is 26.9 Å². The predicted octanol–water partition coefficient (Wildman–Crippen LogP) is 4.96. The van der Waals surface area contributed by atoms with Crippen LogP contribution in [-0.4, -0.2) is 38.0 Å². The van der Waals surface area contributed by atoms with Crippen LogP contribution in [0.15, 0.2) is 48.2 Å². The van der Waals surface area contributed by atoms with E-state index in [1.807, 2.05) is 24.3 Å². The average Bonchev–Trinajstić information content (AvgIpc) is 2.75. The molecular weight excluding hydrogens is 384 g/mol. The van der Waals surface area contributed by atoms with Crippen LogP contribution >= 0.6 is 0 Å². The molecule has 0 spiro atoms. The molecule has 0 unspecified atom stereocenters. The summed E-state index contributed by atoms with van der Waals surface area (Å²) >= 11 is 0. The summed E-state index contributed by atoms with van der Waals surface area (Å²) in [5, 5.41) is 9.26. The lowest BCUT2D eigenvalue weighted by molar-refractivity contribution is -0.136. The maximum Gasteiger partial charge on any atom is 0.371 e. The summed E-state index contributed by atoms with van der Waals surface area (Å²) < 4.78 is 22.2. The summed E-state index contributed by atoms with van der Waals surface area (Å²) in [6, 6.07) is 13.2. The van der Waals surface area contributed by atoms with Gasteiger partial charge >= 0.3 is 5.97 Å². The number of hydrogen-bond donors (Lipinski definition) is 1. The van der Waals surface area contributed by atoms with Gasteiger partial charge in [0.1, 0.15) is 5.75 Å². The molecule has 2 rings (SSSR count). The lowest BCUT2D eigenvalue weighted by atomic mass is 10.1. The molecule has 0 aliphatic heterocycles.